The lowest BCUT2D eigenvalue weighted by Gasteiger charge is -2.15. The maximum atomic E-state index is 11.8. The summed E-state index contributed by atoms with van der Waals surface area (Å²) >= 11 is 0. The molecule has 6 heteroatoms. The molecule has 1 saturated carbocycles. The molecule has 1 unspecified atom stereocenters. The van der Waals surface area contributed by atoms with E-state index in [9.17, 15) is 14.4 Å². The molecular weight excluding hydrogens is 306 g/mol. The van der Waals surface area contributed by atoms with Crippen LogP contribution in [0.5, 0.6) is 0 Å². The van der Waals surface area contributed by atoms with Gasteiger partial charge >= 0.3 is 0 Å². The fourth-order valence-electron chi connectivity index (χ4n) is 2.32. The summed E-state index contributed by atoms with van der Waals surface area (Å²) in [6.45, 7) is 3.78. The molecule has 0 radical (unpaired) electrons. The maximum absolute atomic E-state index is 11.8. The smallest absolute Gasteiger partial charge is 0.239 e. The first-order valence-corrected chi connectivity index (χ1v) is 8.46. The lowest BCUT2D eigenvalue weighted by Crippen LogP contribution is -2.37. The van der Waals surface area contributed by atoms with Crippen molar-refractivity contribution < 1.29 is 14.4 Å². The molecule has 2 rings (SSSR count). The van der Waals surface area contributed by atoms with Crippen LogP contribution in [-0.2, 0) is 14.4 Å². The van der Waals surface area contributed by atoms with E-state index < -0.39 is 0 Å². The van der Waals surface area contributed by atoms with E-state index in [2.05, 4.69) is 16.0 Å². The predicted molar refractivity (Wildman–Crippen MR) is 92.3 cm³/mol. The normalized spacial score (nSPS) is 14.6. The fraction of sp³-hybridized carbons (Fsp3) is 0.500. The van der Waals surface area contributed by atoms with E-state index in [1.54, 1.807) is 0 Å². The number of rotatable bonds is 8. The van der Waals surface area contributed by atoms with Crippen LogP contribution in [-0.4, -0.2) is 24.3 Å². The van der Waals surface area contributed by atoms with Crippen molar-refractivity contribution in [1.82, 2.24) is 10.6 Å². The number of nitrogens with one attached hydrogen (secondary N) is 3. The highest BCUT2D eigenvalue weighted by Gasteiger charge is 2.29. The molecule has 130 valence electrons. The van der Waals surface area contributed by atoms with Crippen LogP contribution < -0.4 is 16.0 Å². The Bertz CT molecular complexity index is 594. The molecule has 0 saturated heterocycles. The molecule has 3 amide bonds. The highest BCUT2D eigenvalue weighted by atomic mass is 16.2. The van der Waals surface area contributed by atoms with E-state index in [0.717, 1.165) is 30.5 Å². The Morgan fingerprint density at radius 3 is 2.38 bits per heavy atom. The number of carbonyl (C=O) groups is 3. The minimum absolute atomic E-state index is 0.0152. The first-order valence-electron chi connectivity index (χ1n) is 8.46. The number of hydrogen-bond donors (Lipinski definition) is 3. The third-order valence-electron chi connectivity index (χ3n) is 3.93. The second-order valence-corrected chi connectivity index (χ2v) is 6.20. The van der Waals surface area contributed by atoms with Crippen LogP contribution in [0.4, 0.5) is 5.69 Å². The lowest BCUT2D eigenvalue weighted by molar-refractivity contribution is -0.126. The molecule has 0 aliphatic heterocycles. The standard InChI is InChI=1S/C18H25N3O3/c1-3-4-16(22)19-11-17(23)20-12(2)13-7-9-15(10-8-13)21-18(24)14-5-6-14/h7-10,12,14H,3-6,11H2,1-2H3,(H,19,22)(H,20,23)(H,21,24). The zero-order chi connectivity index (χ0) is 17.5. The zero-order valence-corrected chi connectivity index (χ0v) is 14.2. The van der Waals surface area contributed by atoms with Crippen LogP contribution in [0.3, 0.4) is 0 Å². The average Bonchev–Trinajstić information content (AvgIpc) is 3.39. The molecule has 0 spiro atoms. The molecule has 1 aliphatic rings. The van der Waals surface area contributed by atoms with Crippen molar-refractivity contribution in [2.75, 3.05) is 11.9 Å². The Morgan fingerprint density at radius 2 is 1.79 bits per heavy atom. The van der Waals surface area contributed by atoms with E-state index in [1.165, 1.54) is 0 Å². The van der Waals surface area contributed by atoms with Crippen molar-refractivity contribution in [2.45, 2.75) is 45.6 Å². The minimum Gasteiger partial charge on any atom is -0.348 e. The average molecular weight is 331 g/mol. The van der Waals surface area contributed by atoms with Crippen LogP contribution in [0.2, 0.25) is 0 Å². The molecule has 0 heterocycles. The molecule has 1 aromatic carbocycles. The third-order valence-corrected chi connectivity index (χ3v) is 3.93. The topological polar surface area (TPSA) is 87.3 Å². The van der Waals surface area contributed by atoms with Gasteiger partial charge in [0, 0.05) is 18.0 Å². The first-order chi connectivity index (χ1) is 11.5. The Morgan fingerprint density at radius 1 is 1.12 bits per heavy atom. The number of carbonyl (C=O) groups excluding carboxylic acids is 3. The van der Waals surface area contributed by atoms with Crippen molar-refractivity contribution in [2.24, 2.45) is 5.92 Å². The van der Waals surface area contributed by atoms with Crippen molar-refractivity contribution in [3.05, 3.63) is 29.8 Å². The Kier molecular flexibility index (Phi) is 6.35. The molecule has 0 aromatic heterocycles. The van der Waals surface area contributed by atoms with Gasteiger partial charge in [-0.1, -0.05) is 19.1 Å². The van der Waals surface area contributed by atoms with Crippen LogP contribution >= 0.6 is 0 Å². The lowest BCUT2D eigenvalue weighted by atomic mass is 10.1. The van der Waals surface area contributed by atoms with E-state index in [1.807, 2.05) is 38.1 Å². The quantitative estimate of drug-likeness (QED) is 0.682. The van der Waals surface area contributed by atoms with E-state index in [0.29, 0.717) is 6.42 Å². The van der Waals surface area contributed by atoms with Gasteiger partial charge in [0.1, 0.15) is 0 Å². The summed E-state index contributed by atoms with van der Waals surface area (Å²) in [6, 6.07) is 7.25. The molecule has 0 bridgehead atoms. The molecule has 1 aromatic rings. The van der Waals surface area contributed by atoms with Gasteiger partial charge < -0.3 is 16.0 Å². The molecule has 24 heavy (non-hydrogen) atoms. The van der Waals surface area contributed by atoms with Crippen LogP contribution in [0.25, 0.3) is 0 Å². The first kappa shape index (κ1) is 18.0. The SMILES string of the molecule is CCCC(=O)NCC(=O)NC(C)c1ccc(NC(=O)C2CC2)cc1. The summed E-state index contributed by atoms with van der Waals surface area (Å²) in [6.07, 6.45) is 3.13. The highest BCUT2D eigenvalue weighted by Crippen LogP contribution is 2.30. The molecule has 3 N–H and O–H groups in total. The predicted octanol–water partition coefficient (Wildman–Crippen LogP) is 2.13. The van der Waals surface area contributed by atoms with Gasteiger partial charge in [-0.2, -0.15) is 0 Å². The van der Waals surface area contributed by atoms with Gasteiger partial charge in [0.25, 0.3) is 0 Å². The summed E-state index contributed by atoms with van der Waals surface area (Å²) in [7, 11) is 0. The second-order valence-electron chi connectivity index (χ2n) is 6.20. The number of anilines is 1. The van der Waals surface area contributed by atoms with Crippen molar-refractivity contribution in [3.8, 4) is 0 Å². The van der Waals surface area contributed by atoms with Crippen LogP contribution in [0.1, 0.15) is 51.1 Å². The van der Waals surface area contributed by atoms with Crippen molar-refractivity contribution >= 4 is 23.4 Å². The summed E-state index contributed by atoms with van der Waals surface area (Å²) in [5, 5.41) is 8.31. The second kappa shape index (κ2) is 8.47. The van der Waals surface area contributed by atoms with Gasteiger partial charge in [0.2, 0.25) is 17.7 Å². The summed E-state index contributed by atoms with van der Waals surface area (Å²) in [4.78, 5) is 34.9. The van der Waals surface area contributed by atoms with Gasteiger partial charge in [0.15, 0.2) is 0 Å². The maximum Gasteiger partial charge on any atom is 0.239 e. The Labute approximate surface area is 142 Å². The fourth-order valence-corrected chi connectivity index (χ4v) is 2.32. The highest BCUT2D eigenvalue weighted by molar-refractivity contribution is 5.94. The molecular formula is C18H25N3O3. The Balaban J connectivity index is 1.78. The molecule has 1 aliphatic carbocycles. The third kappa shape index (κ3) is 5.68. The monoisotopic (exact) mass is 331 g/mol. The minimum atomic E-state index is -0.224. The van der Waals surface area contributed by atoms with Crippen LogP contribution in [0.15, 0.2) is 24.3 Å². The summed E-state index contributed by atoms with van der Waals surface area (Å²) < 4.78 is 0. The van der Waals surface area contributed by atoms with Gasteiger partial charge in [-0.15, -0.1) is 0 Å². The van der Waals surface area contributed by atoms with Crippen molar-refractivity contribution in [3.63, 3.8) is 0 Å². The van der Waals surface area contributed by atoms with Gasteiger partial charge in [-0.05, 0) is 43.9 Å². The van der Waals surface area contributed by atoms with Gasteiger partial charge in [-0.25, -0.2) is 0 Å². The molecule has 1 fully saturated rings. The summed E-state index contributed by atoms with van der Waals surface area (Å²) in [5.74, 6) is -0.0909. The van der Waals surface area contributed by atoms with E-state index in [-0.39, 0.29) is 36.2 Å². The van der Waals surface area contributed by atoms with Gasteiger partial charge in [-0.3, -0.25) is 14.4 Å². The van der Waals surface area contributed by atoms with Crippen molar-refractivity contribution in [1.29, 1.82) is 0 Å². The number of benzene rings is 1. The zero-order valence-electron chi connectivity index (χ0n) is 14.2. The van der Waals surface area contributed by atoms with E-state index >= 15 is 0 Å². The number of hydrogen-bond acceptors (Lipinski definition) is 3. The van der Waals surface area contributed by atoms with Gasteiger partial charge in [0.05, 0.1) is 12.6 Å². The number of amides is 3. The van der Waals surface area contributed by atoms with E-state index in [4.69, 9.17) is 0 Å². The molecule has 1 atom stereocenters. The largest absolute Gasteiger partial charge is 0.348 e. The Hall–Kier alpha value is -2.37. The van der Waals surface area contributed by atoms with Crippen LogP contribution in [0, 0.1) is 5.92 Å². The summed E-state index contributed by atoms with van der Waals surface area (Å²) in [5.41, 5.74) is 1.70. The molecule has 6 nitrogen and oxygen atoms in total.